The van der Waals surface area contributed by atoms with E-state index >= 15 is 0 Å². The number of anilines is 1. The van der Waals surface area contributed by atoms with Crippen LogP contribution < -0.4 is 9.64 Å². The fourth-order valence-electron chi connectivity index (χ4n) is 5.02. The standard InChI is InChI=1S/C26H21N3O3/c1-32-18-13-11-16(12-14-18)24-23-20(19-9-5-6-10-21(19)27-23)15-22-25(30)28(26(31)29(22)24)17-7-3-2-4-8-17/h2-14,22,24,27H,15H2,1H3/t22-,24-/m1/s1. The predicted molar refractivity (Wildman–Crippen MR) is 122 cm³/mol. The van der Waals surface area contributed by atoms with Gasteiger partial charge in [0.15, 0.2) is 0 Å². The minimum absolute atomic E-state index is 0.185. The zero-order chi connectivity index (χ0) is 21.8. The number of carbonyl (C=O) groups excluding carboxylic acids is 2. The second kappa shape index (κ2) is 6.99. The number of aromatic amines is 1. The molecule has 32 heavy (non-hydrogen) atoms. The lowest BCUT2D eigenvalue weighted by Crippen LogP contribution is -2.44. The maximum atomic E-state index is 13.7. The first-order valence-electron chi connectivity index (χ1n) is 10.6. The molecular formula is C26H21N3O3. The lowest BCUT2D eigenvalue weighted by molar-refractivity contribution is -0.120. The minimum atomic E-state index is -0.554. The summed E-state index contributed by atoms with van der Waals surface area (Å²) in [6.45, 7) is 0. The SMILES string of the molecule is COc1ccc([C@@H]2c3[nH]c4ccccc4c3C[C@@H]3C(=O)N(c4ccccc4)C(=O)N23)cc1. The quantitative estimate of drug-likeness (QED) is 0.488. The zero-order valence-corrected chi connectivity index (χ0v) is 17.5. The first-order valence-corrected chi connectivity index (χ1v) is 10.6. The number of rotatable bonds is 3. The number of nitrogens with one attached hydrogen (secondary N) is 1. The molecule has 158 valence electrons. The van der Waals surface area contributed by atoms with Crippen molar-refractivity contribution in [2.75, 3.05) is 12.0 Å². The van der Waals surface area contributed by atoms with Crippen molar-refractivity contribution in [1.29, 1.82) is 0 Å². The van der Waals surface area contributed by atoms with Gasteiger partial charge in [-0.2, -0.15) is 0 Å². The number of ether oxygens (including phenoxy) is 1. The molecule has 0 unspecified atom stereocenters. The Morgan fingerprint density at radius 2 is 1.62 bits per heavy atom. The van der Waals surface area contributed by atoms with Gasteiger partial charge >= 0.3 is 6.03 Å². The number of para-hydroxylation sites is 2. The normalized spacial score (nSPS) is 19.9. The molecule has 6 rings (SSSR count). The van der Waals surface area contributed by atoms with Gasteiger partial charge in [-0.25, -0.2) is 9.69 Å². The highest BCUT2D eigenvalue weighted by Crippen LogP contribution is 2.45. The molecule has 6 nitrogen and oxygen atoms in total. The fraction of sp³-hybridized carbons (Fsp3) is 0.154. The summed E-state index contributed by atoms with van der Waals surface area (Å²) >= 11 is 0. The van der Waals surface area contributed by atoms with Gasteiger partial charge in [0, 0.05) is 23.0 Å². The molecule has 0 bridgehead atoms. The number of imide groups is 1. The molecule has 1 fully saturated rings. The van der Waals surface area contributed by atoms with Crippen LogP contribution in [0.3, 0.4) is 0 Å². The minimum Gasteiger partial charge on any atom is -0.497 e. The fourth-order valence-corrected chi connectivity index (χ4v) is 5.02. The second-order valence-corrected chi connectivity index (χ2v) is 8.16. The molecule has 3 amide bonds. The monoisotopic (exact) mass is 423 g/mol. The highest BCUT2D eigenvalue weighted by molar-refractivity contribution is 6.22. The maximum absolute atomic E-state index is 13.7. The van der Waals surface area contributed by atoms with Gasteiger partial charge in [-0.3, -0.25) is 9.69 Å². The van der Waals surface area contributed by atoms with Crippen LogP contribution in [0.4, 0.5) is 10.5 Å². The third-order valence-corrected chi connectivity index (χ3v) is 6.50. The average Bonchev–Trinajstić information content (AvgIpc) is 3.33. The number of carbonyl (C=O) groups is 2. The van der Waals surface area contributed by atoms with E-state index in [9.17, 15) is 9.59 Å². The molecule has 6 heteroatoms. The Hall–Kier alpha value is -4.06. The molecule has 4 aromatic rings. The highest BCUT2D eigenvalue weighted by atomic mass is 16.5. The lowest BCUT2D eigenvalue weighted by atomic mass is 9.89. The molecule has 2 aliphatic heterocycles. The highest BCUT2D eigenvalue weighted by Gasteiger charge is 2.53. The van der Waals surface area contributed by atoms with E-state index in [1.54, 1.807) is 24.1 Å². The summed E-state index contributed by atoms with van der Waals surface area (Å²) in [6, 6.07) is 23.7. The van der Waals surface area contributed by atoms with Crippen molar-refractivity contribution in [3.8, 4) is 5.75 Å². The lowest BCUT2D eigenvalue weighted by Gasteiger charge is -2.36. The van der Waals surface area contributed by atoms with Crippen molar-refractivity contribution in [2.24, 2.45) is 0 Å². The predicted octanol–water partition coefficient (Wildman–Crippen LogP) is 4.66. The van der Waals surface area contributed by atoms with E-state index in [1.165, 1.54) is 4.90 Å². The number of H-pyrrole nitrogens is 1. The number of amides is 3. The van der Waals surface area contributed by atoms with Gasteiger partial charge in [-0.1, -0.05) is 48.5 Å². The summed E-state index contributed by atoms with van der Waals surface area (Å²) in [5.41, 5.74) is 4.60. The maximum Gasteiger partial charge on any atom is 0.332 e. The Balaban J connectivity index is 1.54. The van der Waals surface area contributed by atoms with Crippen LogP contribution in [0.1, 0.15) is 22.9 Å². The van der Waals surface area contributed by atoms with Crippen LogP contribution in [0, 0.1) is 0 Å². The van der Waals surface area contributed by atoms with Crippen molar-refractivity contribution in [3.63, 3.8) is 0 Å². The van der Waals surface area contributed by atoms with Crippen molar-refractivity contribution in [3.05, 3.63) is 95.7 Å². The number of aromatic nitrogens is 1. The summed E-state index contributed by atoms with van der Waals surface area (Å²) in [6.07, 6.45) is 0.486. The van der Waals surface area contributed by atoms with Crippen LogP contribution in [0.25, 0.3) is 10.9 Å². The number of benzene rings is 3. The number of fused-ring (bicyclic) bond motifs is 4. The topological polar surface area (TPSA) is 65.6 Å². The number of hydrogen-bond acceptors (Lipinski definition) is 3. The Morgan fingerprint density at radius 1 is 0.906 bits per heavy atom. The Bertz CT molecular complexity index is 1340. The van der Waals surface area contributed by atoms with E-state index in [4.69, 9.17) is 4.74 Å². The van der Waals surface area contributed by atoms with Crippen molar-refractivity contribution in [2.45, 2.75) is 18.5 Å². The van der Waals surface area contributed by atoms with Gasteiger partial charge in [0.1, 0.15) is 17.8 Å². The molecule has 2 aliphatic rings. The van der Waals surface area contributed by atoms with Crippen LogP contribution in [0.15, 0.2) is 78.9 Å². The Morgan fingerprint density at radius 3 is 2.38 bits per heavy atom. The summed E-state index contributed by atoms with van der Waals surface area (Å²) in [5.74, 6) is 0.559. The molecule has 1 saturated heterocycles. The van der Waals surface area contributed by atoms with Crippen LogP contribution in [0.2, 0.25) is 0 Å². The molecule has 3 aromatic carbocycles. The van der Waals surface area contributed by atoms with E-state index in [1.807, 2.05) is 60.7 Å². The number of hydrogen-bond donors (Lipinski definition) is 1. The van der Waals surface area contributed by atoms with Gasteiger partial charge in [0.2, 0.25) is 0 Å². The second-order valence-electron chi connectivity index (χ2n) is 8.16. The summed E-state index contributed by atoms with van der Waals surface area (Å²) < 4.78 is 5.32. The smallest absolute Gasteiger partial charge is 0.332 e. The van der Waals surface area contributed by atoms with Crippen LogP contribution in [0.5, 0.6) is 5.75 Å². The largest absolute Gasteiger partial charge is 0.497 e. The molecule has 1 aromatic heterocycles. The number of methoxy groups -OCH3 is 1. The molecule has 0 radical (unpaired) electrons. The third-order valence-electron chi connectivity index (χ3n) is 6.50. The molecule has 0 aliphatic carbocycles. The van der Waals surface area contributed by atoms with Crippen LogP contribution in [-0.2, 0) is 11.2 Å². The van der Waals surface area contributed by atoms with Crippen LogP contribution in [-0.4, -0.2) is 35.0 Å². The van der Waals surface area contributed by atoms with Gasteiger partial charge in [-0.05, 0) is 41.5 Å². The van der Waals surface area contributed by atoms with E-state index in [0.717, 1.165) is 33.5 Å². The summed E-state index contributed by atoms with van der Waals surface area (Å²) in [4.78, 5) is 33.8. The molecule has 3 heterocycles. The van der Waals surface area contributed by atoms with Gasteiger partial charge in [0.25, 0.3) is 5.91 Å². The van der Waals surface area contributed by atoms with E-state index in [-0.39, 0.29) is 11.9 Å². The summed E-state index contributed by atoms with van der Waals surface area (Å²) in [7, 11) is 1.63. The van der Waals surface area contributed by atoms with Crippen molar-refractivity contribution >= 4 is 28.5 Å². The first-order chi connectivity index (χ1) is 15.7. The molecule has 1 N–H and O–H groups in total. The molecule has 0 spiro atoms. The molecular weight excluding hydrogens is 402 g/mol. The van der Waals surface area contributed by atoms with E-state index < -0.39 is 12.1 Å². The summed E-state index contributed by atoms with van der Waals surface area (Å²) in [5, 5.41) is 1.10. The number of nitrogens with zero attached hydrogens (tertiary/aromatic N) is 2. The van der Waals surface area contributed by atoms with E-state index in [0.29, 0.717) is 12.1 Å². The molecule has 0 saturated carbocycles. The molecule has 2 atom stereocenters. The van der Waals surface area contributed by atoms with Crippen molar-refractivity contribution < 1.29 is 14.3 Å². The Kier molecular flexibility index (Phi) is 4.08. The van der Waals surface area contributed by atoms with Crippen LogP contribution >= 0.6 is 0 Å². The van der Waals surface area contributed by atoms with Crippen molar-refractivity contribution in [1.82, 2.24) is 9.88 Å². The van der Waals surface area contributed by atoms with E-state index in [2.05, 4.69) is 11.1 Å². The van der Waals surface area contributed by atoms with Gasteiger partial charge < -0.3 is 9.72 Å². The third kappa shape index (κ3) is 2.59. The Labute approximate surface area is 185 Å². The zero-order valence-electron chi connectivity index (χ0n) is 17.5. The average molecular weight is 423 g/mol. The first kappa shape index (κ1) is 18.7. The van der Waals surface area contributed by atoms with Gasteiger partial charge in [-0.15, -0.1) is 0 Å². The van der Waals surface area contributed by atoms with Gasteiger partial charge in [0.05, 0.1) is 12.8 Å². The number of urea groups is 1.